The first kappa shape index (κ1) is 9.24. The van der Waals surface area contributed by atoms with Gasteiger partial charge in [-0.3, -0.25) is 0 Å². The molecule has 1 aromatic carbocycles. The van der Waals surface area contributed by atoms with E-state index in [0.717, 1.165) is 5.00 Å². The minimum Gasteiger partial charge on any atom is -0.315 e. The smallest absolute Gasteiger partial charge is 0.103 e. The van der Waals surface area contributed by atoms with Crippen molar-refractivity contribution in [3.63, 3.8) is 0 Å². The molecule has 1 heterocycles. The Morgan fingerprint density at radius 1 is 1.14 bits per heavy atom. The van der Waals surface area contributed by atoms with Gasteiger partial charge < -0.3 is 5.43 Å². The molecule has 0 aliphatic rings. The van der Waals surface area contributed by atoms with Gasteiger partial charge in [-0.2, -0.15) is 0 Å². The summed E-state index contributed by atoms with van der Waals surface area (Å²) in [5.41, 5.74) is 6.37. The zero-order chi connectivity index (χ0) is 9.97. The van der Waals surface area contributed by atoms with Crippen molar-refractivity contribution >= 4 is 16.3 Å². The fraction of sp³-hybridized carbons (Fsp3) is 0.0909. The van der Waals surface area contributed by atoms with E-state index in [-0.39, 0.29) is 0 Å². The number of hydrogen-bond donors (Lipinski definition) is 2. The van der Waals surface area contributed by atoms with Gasteiger partial charge in [-0.1, -0.05) is 29.8 Å². The molecule has 0 saturated carbocycles. The van der Waals surface area contributed by atoms with Gasteiger partial charge in [0.1, 0.15) is 5.00 Å². The molecule has 2 nitrogen and oxygen atoms in total. The maximum atomic E-state index is 5.33. The van der Waals surface area contributed by atoms with Crippen molar-refractivity contribution in [3.05, 3.63) is 41.3 Å². The van der Waals surface area contributed by atoms with Crippen molar-refractivity contribution in [2.75, 3.05) is 5.43 Å². The molecule has 3 N–H and O–H groups in total. The maximum absolute atomic E-state index is 5.33. The second kappa shape index (κ2) is 3.82. The number of thiophene rings is 1. The summed E-state index contributed by atoms with van der Waals surface area (Å²) in [5, 5.41) is 3.08. The molecule has 72 valence electrons. The van der Waals surface area contributed by atoms with Crippen LogP contribution in [0.15, 0.2) is 35.7 Å². The van der Waals surface area contributed by atoms with Gasteiger partial charge in [0.2, 0.25) is 0 Å². The highest BCUT2D eigenvalue weighted by molar-refractivity contribution is 7.14. The van der Waals surface area contributed by atoms with Gasteiger partial charge in [0.25, 0.3) is 0 Å². The average Bonchev–Trinajstić information content (AvgIpc) is 2.67. The van der Waals surface area contributed by atoms with Crippen molar-refractivity contribution in [3.8, 4) is 11.1 Å². The van der Waals surface area contributed by atoms with Gasteiger partial charge >= 0.3 is 0 Å². The van der Waals surface area contributed by atoms with Crippen molar-refractivity contribution in [2.45, 2.75) is 6.92 Å². The van der Waals surface area contributed by atoms with E-state index in [2.05, 4.69) is 48.1 Å². The summed E-state index contributed by atoms with van der Waals surface area (Å²) in [7, 11) is 0. The molecule has 3 heteroatoms. The standard InChI is InChI=1S/C11H12N2S/c1-8-2-4-9(5-3-8)10-6-11(13-12)14-7-10/h2-7,13H,12H2,1H3. The molecule has 0 aliphatic carbocycles. The monoisotopic (exact) mass is 204 g/mol. The molecule has 14 heavy (non-hydrogen) atoms. The highest BCUT2D eigenvalue weighted by Gasteiger charge is 2.00. The summed E-state index contributed by atoms with van der Waals surface area (Å²) in [4.78, 5) is 0. The molecular formula is C11H12N2S. The number of nitrogens with one attached hydrogen (secondary N) is 1. The predicted molar refractivity (Wildman–Crippen MR) is 62.3 cm³/mol. The van der Waals surface area contributed by atoms with E-state index in [1.807, 2.05) is 0 Å². The van der Waals surface area contributed by atoms with Gasteiger partial charge in [-0.25, -0.2) is 5.84 Å². The Kier molecular flexibility index (Phi) is 2.52. The fourth-order valence-electron chi connectivity index (χ4n) is 1.31. The van der Waals surface area contributed by atoms with Crippen LogP contribution in [0.4, 0.5) is 5.00 Å². The molecule has 0 saturated heterocycles. The van der Waals surface area contributed by atoms with Crippen LogP contribution in [0.2, 0.25) is 0 Å². The molecule has 0 fully saturated rings. The van der Waals surface area contributed by atoms with Crippen LogP contribution in [0.1, 0.15) is 5.56 Å². The van der Waals surface area contributed by atoms with Gasteiger partial charge in [-0.05, 0) is 24.1 Å². The van der Waals surface area contributed by atoms with E-state index >= 15 is 0 Å². The molecule has 1 aromatic heterocycles. The van der Waals surface area contributed by atoms with Crippen LogP contribution in [0, 0.1) is 6.92 Å². The topological polar surface area (TPSA) is 38.0 Å². The quantitative estimate of drug-likeness (QED) is 0.583. The number of nitrogens with two attached hydrogens (primary N) is 1. The lowest BCUT2D eigenvalue weighted by atomic mass is 10.1. The summed E-state index contributed by atoms with van der Waals surface area (Å²) in [6.45, 7) is 2.09. The number of rotatable bonds is 2. The van der Waals surface area contributed by atoms with Gasteiger partial charge in [0.05, 0.1) is 0 Å². The molecule has 0 bridgehead atoms. The maximum Gasteiger partial charge on any atom is 0.103 e. The average molecular weight is 204 g/mol. The summed E-state index contributed by atoms with van der Waals surface area (Å²) >= 11 is 1.61. The molecule has 0 unspecified atom stereocenters. The van der Waals surface area contributed by atoms with Crippen LogP contribution in [0.5, 0.6) is 0 Å². The Morgan fingerprint density at radius 2 is 1.86 bits per heavy atom. The minimum atomic E-state index is 0.987. The first-order valence-corrected chi connectivity index (χ1v) is 5.30. The van der Waals surface area contributed by atoms with E-state index in [1.165, 1.54) is 16.7 Å². The lowest BCUT2D eigenvalue weighted by Gasteiger charge is -1.97. The first-order chi connectivity index (χ1) is 6.79. The van der Waals surface area contributed by atoms with Crippen molar-refractivity contribution < 1.29 is 0 Å². The van der Waals surface area contributed by atoms with Gasteiger partial charge in [0, 0.05) is 5.38 Å². The van der Waals surface area contributed by atoms with Crippen LogP contribution >= 0.6 is 11.3 Å². The third kappa shape index (κ3) is 1.78. The lowest BCUT2D eigenvalue weighted by molar-refractivity contribution is 1.39. The predicted octanol–water partition coefficient (Wildman–Crippen LogP) is 3.01. The normalized spacial score (nSPS) is 10.1. The fourth-order valence-corrected chi connectivity index (χ4v) is 2.03. The minimum absolute atomic E-state index is 0.987. The number of nitrogen functional groups attached to an aromatic ring is 1. The molecule has 0 atom stereocenters. The third-order valence-electron chi connectivity index (χ3n) is 2.13. The van der Waals surface area contributed by atoms with Crippen molar-refractivity contribution in [2.24, 2.45) is 5.84 Å². The molecule has 2 rings (SSSR count). The zero-order valence-corrected chi connectivity index (χ0v) is 8.77. The Bertz CT molecular complexity index is 417. The second-order valence-electron chi connectivity index (χ2n) is 3.21. The van der Waals surface area contributed by atoms with Crippen molar-refractivity contribution in [1.82, 2.24) is 0 Å². The summed E-state index contributed by atoms with van der Waals surface area (Å²) < 4.78 is 0. The number of hydrogen-bond acceptors (Lipinski definition) is 3. The van der Waals surface area contributed by atoms with Gasteiger partial charge in [0.15, 0.2) is 0 Å². The van der Waals surface area contributed by atoms with E-state index in [1.54, 1.807) is 11.3 Å². The summed E-state index contributed by atoms with van der Waals surface area (Å²) in [5.74, 6) is 5.33. The third-order valence-corrected chi connectivity index (χ3v) is 2.99. The zero-order valence-electron chi connectivity index (χ0n) is 7.95. The second-order valence-corrected chi connectivity index (χ2v) is 4.12. The van der Waals surface area contributed by atoms with Crippen LogP contribution in [-0.4, -0.2) is 0 Å². The van der Waals surface area contributed by atoms with E-state index in [9.17, 15) is 0 Å². The Hall–Kier alpha value is -1.32. The van der Waals surface area contributed by atoms with E-state index in [4.69, 9.17) is 5.84 Å². The molecule has 0 aliphatic heterocycles. The SMILES string of the molecule is Cc1ccc(-c2csc(NN)c2)cc1. The number of hydrazine groups is 1. The van der Waals surface area contributed by atoms with Crippen LogP contribution in [0.25, 0.3) is 11.1 Å². The molecule has 0 amide bonds. The Morgan fingerprint density at radius 3 is 2.43 bits per heavy atom. The molecule has 2 aromatic rings. The summed E-state index contributed by atoms with van der Waals surface area (Å²) in [6.07, 6.45) is 0. The largest absolute Gasteiger partial charge is 0.315 e. The van der Waals surface area contributed by atoms with E-state index in [0.29, 0.717) is 0 Å². The molecular weight excluding hydrogens is 192 g/mol. The lowest BCUT2D eigenvalue weighted by Crippen LogP contribution is -2.04. The number of aryl methyl sites for hydroxylation is 1. The Labute approximate surface area is 87.4 Å². The first-order valence-electron chi connectivity index (χ1n) is 4.42. The van der Waals surface area contributed by atoms with E-state index < -0.39 is 0 Å². The molecule has 0 radical (unpaired) electrons. The van der Waals surface area contributed by atoms with Crippen LogP contribution < -0.4 is 11.3 Å². The van der Waals surface area contributed by atoms with Gasteiger partial charge in [-0.15, -0.1) is 11.3 Å². The highest BCUT2D eigenvalue weighted by Crippen LogP contribution is 2.28. The highest BCUT2D eigenvalue weighted by atomic mass is 32.1. The van der Waals surface area contributed by atoms with Crippen LogP contribution in [0.3, 0.4) is 0 Å². The van der Waals surface area contributed by atoms with Crippen molar-refractivity contribution in [1.29, 1.82) is 0 Å². The number of anilines is 1. The summed E-state index contributed by atoms with van der Waals surface area (Å²) in [6, 6.07) is 10.5. The Balaban J connectivity index is 2.34. The number of benzene rings is 1. The molecule has 0 spiro atoms. The van der Waals surface area contributed by atoms with Crippen LogP contribution in [-0.2, 0) is 0 Å².